The fourth-order valence-electron chi connectivity index (χ4n) is 2.39. The summed E-state index contributed by atoms with van der Waals surface area (Å²) in [5.74, 6) is -2.52. The minimum absolute atomic E-state index is 0.126. The summed E-state index contributed by atoms with van der Waals surface area (Å²) in [5, 5.41) is 9.03. The average Bonchev–Trinajstić information content (AvgIpc) is 2.70. The van der Waals surface area contributed by atoms with Gasteiger partial charge in [0.25, 0.3) is 0 Å². The van der Waals surface area contributed by atoms with Crippen molar-refractivity contribution in [3.8, 4) is 0 Å². The second-order valence-corrected chi connectivity index (χ2v) is 7.18. The Kier molecular flexibility index (Phi) is 17.4. The summed E-state index contributed by atoms with van der Waals surface area (Å²) < 4.78 is 9.31. The molecule has 0 aliphatic carbocycles. The molecule has 0 aromatic carbocycles. The molecule has 0 aromatic rings. The van der Waals surface area contributed by atoms with Gasteiger partial charge in [0.1, 0.15) is 6.10 Å². The van der Waals surface area contributed by atoms with Gasteiger partial charge in [0, 0.05) is 6.42 Å². The number of allylic oxidation sites excluding steroid dienone is 6. The zero-order chi connectivity index (χ0) is 22.6. The van der Waals surface area contributed by atoms with Gasteiger partial charge >= 0.3 is 17.9 Å². The van der Waals surface area contributed by atoms with E-state index in [1.54, 1.807) is 0 Å². The largest absolute Gasteiger partial charge is 0.449 e. The summed E-state index contributed by atoms with van der Waals surface area (Å²) in [6, 6.07) is 0. The first kappa shape index (κ1) is 27.8. The molecule has 0 aromatic heterocycles. The molecule has 30 heavy (non-hydrogen) atoms. The van der Waals surface area contributed by atoms with Crippen LogP contribution < -0.4 is 0 Å². The fourth-order valence-corrected chi connectivity index (χ4v) is 2.39. The van der Waals surface area contributed by atoms with Crippen molar-refractivity contribution in [2.75, 3.05) is 0 Å². The van der Waals surface area contributed by atoms with Crippen LogP contribution in [0.1, 0.15) is 85.0 Å². The lowest BCUT2D eigenvalue weighted by molar-refractivity contribution is -0.176. The molecule has 2 atom stereocenters. The van der Waals surface area contributed by atoms with E-state index in [-0.39, 0.29) is 6.42 Å². The third kappa shape index (κ3) is 16.7. The van der Waals surface area contributed by atoms with Crippen LogP contribution in [-0.2, 0) is 23.9 Å². The second-order valence-electron chi connectivity index (χ2n) is 7.18. The SMILES string of the molecule is CCCCCC=CCC=CCC=CCCCCC(=O)OC(=O)C(C)OC(=O)C(C)O. The number of hydrogen-bond acceptors (Lipinski definition) is 6. The van der Waals surface area contributed by atoms with E-state index in [2.05, 4.69) is 52.9 Å². The number of aliphatic hydroxyl groups excluding tert-OH is 1. The summed E-state index contributed by atoms with van der Waals surface area (Å²) in [4.78, 5) is 34.5. The Bertz CT molecular complexity index is 574. The van der Waals surface area contributed by atoms with Gasteiger partial charge in [0.15, 0.2) is 6.10 Å². The van der Waals surface area contributed by atoms with Gasteiger partial charge in [-0.15, -0.1) is 0 Å². The summed E-state index contributed by atoms with van der Waals surface area (Å²) in [6.07, 6.45) is 19.6. The average molecular weight is 423 g/mol. The van der Waals surface area contributed by atoms with E-state index in [9.17, 15) is 14.4 Å². The van der Waals surface area contributed by atoms with E-state index in [1.165, 1.54) is 39.5 Å². The Morgan fingerprint density at radius 2 is 1.33 bits per heavy atom. The first-order valence-corrected chi connectivity index (χ1v) is 11.0. The molecule has 0 heterocycles. The molecular formula is C24H38O6. The predicted molar refractivity (Wildman–Crippen MR) is 118 cm³/mol. The van der Waals surface area contributed by atoms with Crippen LogP contribution in [0.2, 0.25) is 0 Å². The predicted octanol–water partition coefficient (Wildman–Crippen LogP) is 4.96. The van der Waals surface area contributed by atoms with E-state index >= 15 is 0 Å². The van der Waals surface area contributed by atoms with Gasteiger partial charge in [-0.1, -0.05) is 56.2 Å². The first-order chi connectivity index (χ1) is 14.4. The lowest BCUT2D eigenvalue weighted by Crippen LogP contribution is -2.31. The van der Waals surface area contributed by atoms with Crippen molar-refractivity contribution in [3.63, 3.8) is 0 Å². The summed E-state index contributed by atoms with van der Waals surface area (Å²) >= 11 is 0. The van der Waals surface area contributed by atoms with Gasteiger partial charge in [0.2, 0.25) is 0 Å². The topological polar surface area (TPSA) is 89.9 Å². The molecular weight excluding hydrogens is 384 g/mol. The quantitative estimate of drug-likeness (QED) is 0.164. The zero-order valence-corrected chi connectivity index (χ0v) is 18.7. The third-order valence-electron chi connectivity index (χ3n) is 4.20. The van der Waals surface area contributed by atoms with Crippen molar-refractivity contribution in [2.45, 2.75) is 97.2 Å². The molecule has 0 saturated heterocycles. The minimum Gasteiger partial charge on any atom is -0.449 e. The third-order valence-corrected chi connectivity index (χ3v) is 4.20. The number of hydrogen-bond donors (Lipinski definition) is 1. The first-order valence-electron chi connectivity index (χ1n) is 11.0. The molecule has 0 saturated carbocycles. The molecule has 0 rings (SSSR count). The minimum atomic E-state index is -1.34. The number of rotatable bonds is 16. The molecule has 6 nitrogen and oxygen atoms in total. The number of esters is 3. The monoisotopic (exact) mass is 422 g/mol. The molecule has 2 unspecified atom stereocenters. The zero-order valence-electron chi connectivity index (χ0n) is 18.7. The van der Waals surface area contributed by atoms with Gasteiger partial charge in [0.05, 0.1) is 0 Å². The molecule has 0 spiro atoms. The summed E-state index contributed by atoms with van der Waals surface area (Å²) in [5.41, 5.74) is 0. The molecule has 0 aliphatic rings. The van der Waals surface area contributed by atoms with Gasteiger partial charge in [-0.05, 0) is 58.8 Å². The maximum Gasteiger partial charge on any atom is 0.354 e. The highest BCUT2D eigenvalue weighted by molar-refractivity contribution is 5.89. The fraction of sp³-hybridized carbons (Fsp3) is 0.625. The van der Waals surface area contributed by atoms with Crippen LogP contribution in [0.25, 0.3) is 0 Å². The van der Waals surface area contributed by atoms with Crippen LogP contribution in [0.4, 0.5) is 0 Å². The van der Waals surface area contributed by atoms with E-state index in [4.69, 9.17) is 5.11 Å². The van der Waals surface area contributed by atoms with Crippen LogP contribution in [0.15, 0.2) is 36.5 Å². The molecule has 1 N–H and O–H groups in total. The van der Waals surface area contributed by atoms with Crippen molar-refractivity contribution < 1.29 is 29.0 Å². The maximum absolute atomic E-state index is 11.6. The molecule has 0 amide bonds. The summed E-state index contributed by atoms with van der Waals surface area (Å²) in [6.45, 7) is 4.73. The molecule has 170 valence electrons. The Labute approximate surface area is 181 Å². The molecule has 6 heteroatoms. The van der Waals surface area contributed by atoms with E-state index in [0.29, 0.717) is 6.42 Å². The van der Waals surface area contributed by atoms with Crippen LogP contribution in [0, 0.1) is 0 Å². The highest BCUT2D eigenvalue weighted by Crippen LogP contribution is 2.05. The lowest BCUT2D eigenvalue weighted by Gasteiger charge is -2.12. The van der Waals surface area contributed by atoms with Crippen molar-refractivity contribution >= 4 is 17.9 Å². The van der Waals surface area contributed by atoms with Gasteiger partial charge in [-0.3, -0.25) is 4.79 Å². The van der Waals surface area contributed by atoms with Crippen LogP contribution in [0.5, 0.6) is 0 Å². The molecule has 0 fully saturated rings. The smallest absolute Gasteiger partial charge is 0.354 e. The number of aliphatic hydroxyl groups is 1. The highest BCUT2D eigenvalue weighted by Gasteiger charge is 2.23. The maximum atomic E-state index is 11.6. The molecule has 0 radical (unpaired) electrons. The molecule has 0 bridgehead atoms. The Morgan fingerprint density at radius 3 is 1.87 bits per heavy atom. The van der Waals surface area contributed by atoms with Crippen LogP contribution >= 0.6 is 0 Å². The van der Waals surface area contributed by atoms with Crippen molar-refractivity contribution in [1.29, 1.82) is 0 Å². The number of carbonyl (C=O) groups is 3. The number of ether oxygens (including phenoxy) is 2. The lowest BCUT2D eigenvalue weighted by atomic mass is 10.1. The highest BCUT2D eigenvalue weighted by atomic mass is 16.6. The van der Waals surface area contributed by atoms with Gasteiger partial charge in [-0.25, -0.2) is 9.59 Å². The second kappa shape index (κ2) is 18.8. The van der Waals surface area contributed by atoms with Crippen molar-refractivity contribution in [2.24, 2.45) is 0 Å². The normalized spacial score (nSPS) is 13.7. The number of carbonyl (C=O) groups excluding carboxylic acids is 3. The van der Waals surface area contributed by atoms with E-state index in [1.807, 2.05) is 0 Å². The van der Waals surface area contributed by atoms with E-state index < -0.39 is 30.1 Å². The Balaban J connectivity index is 3.73. The number of unbranched alkanes of at least 4 members (excludes halogenated alkanes) is 5. The molecule has 0 aliphatic heterocycles. The summed E-state index contributed by atoms with van der Waals surface area (Å²) in [7, 11) is 0. The Morgan fingerprint density at radius 1 is 0.800 bits per heavy atom. The van der Waals surface area contributed by atoms with Crippen LogP contribution in [-0.4, -0.2) is 35.2 Å². The van der Waals surface area contributed by atoms with E-state index in [0.717, 1.165) is 25.7 Å². The van der Waals surface area contributed by atoms with Crippen molar-refractivity contribution in [1.82, 2.24) is 0 Å². The van der Waals surface area contributed by atoms with Gasteiger partial charge < -0.3 is 14.6 Å². The van der Waals surface area contributed by atoms with Crippen LogP contribution in [0.3, 0.4) is 0 Å². The Hall–Kier alpha value is -2.21. The standard InChI is InChI=1S/C24H38O6/c1-4-5-6-7-8-9-10-11-12-13-14-15-16-17-18-19-22(26)30-24(28)21(3)29-23(27)20(2)25/h8-9,11-12,14-15,20-21,25H,4-7,10,13,16-19H2,1-3H3. The van der Waals surface area contributed by atoms with Gasteiger partial charge in [-0.2, -0.15) is 0 Å². The van der Waals surface area contributed by atoms with Crippen molar-refractivity contribution in [3.05, 3.63) is 36.5 Å².